The molecule has 0 aliphatic carbocycles. The first-order valence-corrected chi connectivity index (χ1v) is 11.2. The number of benzene rings is 3. The van der Waals surface area contributed by atoms with Crippen molar-refractivity contribution in [3.63, 3.8) is 0 Å². The van der Waals surface area contributed by atoms with E-state index < -0.39 is 55.2 Å². The second kappa shape index (κ2) is 11.6. The maximum atomic E-state index is 12.8. The number of aliphatic hydroxyl groups is 2. The molecular weight excluding hydrogens is 468 g/mol. The molecular formula is C27H24O9. The van der Waals surface area contributed by atoms with Gasteiger partial charge >= 0.3 is 17.9 Å². The monoisotopic (exact) mass is 492 g/mol. The average molecular weight is 492 g/mol. The molecule has 0 saturated carbocycles. The van der Waals surface area contributed by atoms with Gasteiger partial charge in [0.15, 0.2) is 24.6 Å². The Bertz CT molecular complexity index is 1170. The number of hydrogen-bond acceptors (Lipinski definition) is 9. The Kier molecular flexibility index (Phi) is 8.06. The van der Waals surface area contributed by atoms with Crippen molar-refractivity contribution in [2.24, 2.45) is 0 Å². The minimum Gasteiger partial charge on any atom is -0.453 e. The lowest BCUT2D eigenvalue weighted by molar-refractivity contribution is -0.152. The maximum absolute atomic E-state index is 12.8. The molecule has 186 valence electrons. The van der Waals surface area contributed by atoms with Crippen molar-refractivity contribution in [1.82, 2.24) is 0 Å². The summed E-state index contributed by atoms with van der Waals surface area (Å²) < 4.78 is 22.0. The molecule has 9 nitrogen and oxygen atoms in total. The smallest absolute Gasteiger partial charge is 0.338 e. The molecule has 0 amide bonds. The van der Waals surface area contributed by atoms with Crippen LogP contribution >= 0.6 is 0 Å². The van der Waals surface area contributed by atoms with Crippen molar-refractivity contribution in [1.29, 1.82) is 0 Å². The summed E-state index contributed by atoms with van der Waals surface area (Å²) in [6.45, 7) is -0.714. The molecule has 1 fully saturated rings. The number of ether oxygens (including phenoxy) is 4. The average Bonchev–Trinajstić information content (AvgIpc) is 3.22. The van der Waals surface area contributed by atoms with E-state index in [1.165, 1.54) is 36.4 Å². The van der Waals surface area contributed by atoms with Crippen LogP contribution in [-0.2, 0) is 18.9 Å². The molecule has 0 spiro atoms. The zero-order chi connectivity index (χ0) is 25.5. The van der Waals surface area contributed by atoms with Crippen LogP contribution in [0.5, 0.6) is 0 Å². The van der Waals surface area contributed by atoms with E-state index in [9.17, 15) is 24.6 Å². The van der Waals surface area contributed by atoms with E-state index in [4.69, 9.17) is 18.9 Å². The summed E-state index contributed by atoms with van der Waals surface area (Å²) in [6.07, 6.45) is -7.26. The summed E-state index contributed by atoms with van der Waals surface area (Å²) in [5, 5.41) is 20.6. The zero-order valence-corrected chi connectivity index (χ0v) is 19.0. The highest BCUT2D eigenvalue weighted by molar-refractivity contribution is 5.91. The van der Waals surface area contributed by atoms with Crippen LogP contribution in [-0.4, -0.2) is 65.4 Å². The number of hydrogen-bond donors (Lipinski definition) is 2. The Labute approximate surface area is 206 Å². The minimum absolute atomic E-state index is 0.201. The number of carbonyl (C=O) groups excluding carboxylic acids is 3. The van der Waals surface area contributed by atoms with Gasteiger partial charge in [-0.3, -0.25) is 0 Å². The van der Waals surface area contributed by atoms with E-state index in [-0.39, 0.29) is 16.7 Å². The van der Waals surface area contributed by atoms with Crippen LogP contribution < -0.4 is 0 Å². The lowest BCUT2D eigenvalue weighted by Gasteiger charge is -2.27. The lowest BCUT2D eigenvalue weighted by atomic mass is 10.0. The highest BCUT2D eigenvalue weighted by Crippen LogP contribution is 2.30. The van der Waals surface area contributed by atoms with Crippen molar-refractivity contribution >= 4 is 17.9 Å². The van der Waals surface area contributed by atoms with Crippen molar-refractivity contribution in [3.05, 3.63) is 108 Å². The van der Waals surface area contributed by atoms with Gasteiger partial charge in [0.25, 0.3) is 0 Å². The second-order valence-electron chi connectivity index (χ2n) is 7.96. The van der Waals surface area contributed by atoms with Crippen LogP contribution in [0.3, 0.4) is 0 Å². The van der Waals surface area contributed by atoms with E-state index in [1.807, 2.05) is 0 Å². The van der Waals surface area contributed by atoms with E-state index in [1.54, 1.807) is 54.6 Å². The summed E-state index contributed by atoms with van der Waals surface area (Å²) in [5.74, 6) is -2.33. The normalized spacial score (nSPS) is 21.8. The third-order valence-electron chi connectivity index (χ3n) is 5.54. The van der Waals surface area contributed by atoms with E-state index in [2.05, 4.69) is 0 Å². The summed E-state index contributed by atoms with van der Waals surface area (Å²) in [6, 6.07) is 24.1. The first-order valence-electron chi connectivity index (χ1n) is 11.2. The highest BCUT2D eigenvalue weighted by Gasteiger charge is 2.53. The van der Waals surface area contributed by atoms with Crippen LogP contribution in [0.2, 0.25) is 0 Å². The molecule has 1 aliphatic rings. The molecule has 0 bridgehead atoms. The third kappa shape index (κ3) is 5.77. The highest BCUT2D eigenvalue weighted by atomic mass is 16.7. The van der Waals surface area contributed by atoms with Crippen molar-refractivity contribution in [2.75, 3.05) is 6.61 Å². The SMILES string of the molecule is O=C(O[C@@H]1[C@@H]([C@H](CO)OC(=O)c2ccccc2)O[C@H](O)[C@H]1OC(=O)c1ccccc1)c1ccccc1. The summed E-state index contributed by atoms with van der Waals surface area (Å²) in [7, 11) is 0. The standard InChI is InChI=1S/C27H24O9/c28-16-20(33-24(29)17-10-4-1-5-11-17)21-22(35-25(30)18-12-6-2-7-13-18)23(27(32)34-21)36-26(31)19-14-8-3-9-15-19/h1-15,20-23,27-28,32H,16H2/t20-,21+,22+,23-,27-/m0/s1. The van der Waals surface area contributed by atoms with Crippen LogP contribution in [0, 0.1) is 0 Å². The van der Waals surface area contributed by atoms with Gasteiger partial charge in [0.2, 0.25) is 0 Å². The van der Waals surface area contributed by atoms with Crippen LogP contribution in [0.15, 0.2) is 91.0 Å². The van der Waals surface area contributed by atoms with Gasteiger partial charge in [-0.25, -0.2) is 14.4 Å². The van der Waals surface area contributed by atoms with Gasteiger partial charge in [-0.05, 0) is 36.4 Å². The quantitative estimate of drug-likeness (QED) is 0.360. The second-order valence-corrected chi connectivity index (χ2v) is 7.96. The van der Waals surface area contributed by atoms with Gasteiger partial charge in [-0.2, -0.15) is 0 Å². The predicted octanol–water partition coefficient (Wildman–Crippen LogP) is 2.37. The minimum atomic E-state index is -1.72. The molecule has 9 heteroatoms. The molecule has 0 radical (unpaired) electrons. The number of rotatable bonds is 8. The van der Waals surface area contributed by atoms with Gasteiger partial charge in [0, 0.05) is 0 Å². The van der Waals surface area contributed by atoms with Crippen LogP contribution in [0.4, 0.5) is 0 Å². The van der Waals surface area contributed by atoms with E-state index in [0.717, 1.165) is 0 Å². The first-order chi connectivity index (χ1) is 17.5. The maximum Gasteiger partial charge on any atom is 0.338 e. The number of aliphatic hydroxyl groups excluding tert-OH is 2. The molecule has 36 heavy (non-hydrogen) atoms. The van der Waals surface area contributed by atoms with Crippen LogP contribution in [0.1, 0.15) is 31.1 Å². The molecule has 1 heterocycles. The third-order valence-corrected chi connectivity index (χ3v) is 5.54. The summed E-state index contributed by atoms with van der Waals surface area (Å²) >= 11 is 0. The first kappa shape index (κ1) is 25.1. The predicted molar refractivity (Wildman–Crippen MR) is 125 cm³/mol. The Morgan fingerprint density at radius 1 is 0.694 bits per heavy atom. The topological polar surface area (TPSA) is 129 Å². The largest absolute Gasteiger partial charge is 0.453 e. The number of carbonyl (C=O) groups is 3. The molecule has 4 rings (SSSR count). The van der Waals surface area contributed by atoms with Crippen LogP contribution in [0.25, 0.3) is 0 Å². The molecule has 1 aliphatic heterocycles. The lowest BCUT2D eigenvalue weighted by Crippen LogP contribution is -2.46. The van der Waals surface area contributed by atoms with Gasteiger partial charge < -0.3 is 29.2 Å². The van der Waals surface area contributed by atoms with Gasteiger partial charge in [0.1, 0.15) is 6.10 Å². The molecule has 3 aromatic rings. The molecule has 1 saturated heterocycles. The summed E-state index contributed by atoms with van der Waals surface area (Å²) in [4.78, 5) is 38.1. The summed E-state index contributed by atoms with van der Waals surface area (Å²) in [5.41, 5.74) is 0.627. The van der Waals surface area contributed by atoms with E-state index in [0.29, 0.717) is 0 Å². The number of esters is 3. The van der Waals surface area contributed by atoms with E-state index >= 15 is 0 Å². The van der Waals surface area contributed by atoms with Crippen molar-refractivity contribution < 1.29 is 43.5 Å². The fraction of sp³-hybridized carbons (Fsp3) is 0.222. The zero-order valence-electron chi connectivity index (χ0n) is 19.0. The molecule has 3 aromatic carbocycles. The van der Waals surface area contributed by atoms with Gasteiger partial charge in [0.05, 0.1) is 23.3 Å². The molecule has 2 N–H and O–H groups in total. The fourth-order valence-corrected chi connectivity index (χ4v) is 3.74. The van der Waals surface area contributed by atoms with Crippen molar-refractivity contribution in [2.45, 2.75) is 30.7 Å². The van der Waals surface area contributed by atoms with Gasteiger partial charge in [-0.1, -0.05) is 54.6 Å². The Morgan fingerprint density at radius 3 is 1.56 bits per heavy atom. The Balaban J connectivity index is 1.59. The van der Waals surface area contributed by atoms with Crippen molar-refractivity contribution in [3.8, 4) is 0 Å². The Hall–Kier alpha value is -4.05. The van der Waals surface area contributed by atoms with Gasteiger partial charge in [-0.15, -0.1) is 0 Å². The molecule has 5 atom stereocenters. The fourth-order valence-electron chi connectivity index (χ4n) is 3.74. The molecule has 0 unspecified atom stereocenters. The Morgan fingerprint density at radius 2 is 1.11 bits per heavy atom. The molecule has 0 aromatic heterocycles.